The van der Waals surface area contributed by atoms with Crippen LogP contribution in [0.2, 0.25) is 0 Å². The molecule has 0 bridgehead atoms. The van der Waals surface area contributed by atoms with Crippen LogP contribution in [0.15, 0.2) is 0 Å². The number of hydrogen-bond acceptors (Lipinski definition) is 3. The monoisotopic (exact) mass is 302 g/mol. The van der Waals surface area contributed by atoms with E-state index in [1.165, 1.54) is 6.42 Å². The summed E-state index contributed by atoms with van der Waals surface area (Å²) in [4.78, 5) is 12.9. The Balaban J connectivity index is 2.55. The molecule has 0 aromatic rings. The maximum absolute atomic E-state index is 12.5. The van der Waals surface area contributed by atoms with E-state index in [4.69, 9.17) is 18.0 Å². The summed E-state index contributed by atoms with van der Waals surface area (Å²) in [5.74, 6) is 2.25. The predicted molar refractivity (Wildman–Crippen MR) is 87.5 cm³/mol. The highest BCUT2D eigenvalue weighted by atomic mass is 32.2. The smallest absolute Gasteiger partial charge is 0.233 e. The van der Waals surface area contributed by atoms with Crippen LogP contribution in [0, 0.1) is 5.41 Å². The van der Waals surface area contributed by atoms with Crippen LogP contribution < -0.4 is 11.1 Å². The maximum atomic E-state index is 12.5. The van der Waals surface area contributed by atoms with Crippen molar-refractivity contribution in [1.29, 1.82) is 0 Å². The lowest BCUT2D eigenvalue weighted by atomic mass is 9.73. The molecule has 1 fully saturated rings. The largest absolute Gasteiger partial charge is 0.392 e. The molecule has 0 aromatic carbocycles. The van der Waals surface area contributed by atoms with E-state index in [2.05, 4.69) is 19.2 Å². The first-order valence-corrected chi connectivity index (χ1v) is 8.78. The molecule has 0 heterocycles. The molecule has 3 N–H and O–H groups in total. The van der Waals surface area contributed by atoms with Crippen LogP contribution in [0.25, 0.3) is 0 Å². The van der Waals surface area contributed by atoms with Gasteiger partial charge in [0, 0.05) is 6.04 Å². The summed E-state index contributed by atoms with van der Waals surface area (Å²) in [6.07, 6.45) is 5.89. The molecule has 0 spiro atoms. The van der Waals surface area contributed by atoms with E-state index in [1.54, 1.807) is 0 Å². The van der Waals surface area contributed by atoms with Crippen molar-refractivity contribution in [3.63, 3.8) is 0 Å². The summed E-state index contributed by atoms with van der Waals surface area (Å²) >= 11 is 7.08. The highest BCUT2D eigenvalue weighted by Crippen LogP contribution is 2.37. The zero-order valence-electron chi connectivity index (χ0n) is 12.0. The first-order chi connectivity index (χ1) is 9.03. The minimum absolute atomic E-state index is 0.0497. The van der Waals surface area contributed by atoms with E-state index in [1.807, 2.05) is 11.8 Å². The molecule has 1 rings (SSSR count). The van der Waals surface area contributed by atoms with Crippen molar-refractivity contribution in [2.75, 3.05) is 11.5 Å². The number of carbonyl (C=O) groups is 1. The molecule has 1 saturated carbocycles. The van der Waals surface area contributed by atoms with Gasteiger partial charge in [-0.25, -0.2) is 0 Å². The number of carbonyl (C=O) groups excluding carboxylic acids is 1. The summed E-state index contributed by atoms with van der Waals surface area (Å²) in [6.45, 7) is 4.21. The number of hydrogen-bond donors (Lipinski definition) is 2. The van der Waals surface area contributed by atoms with Gasteiger partial charge in [0.25, 0.3) is 0 Å². The Hall–Kier alpha value is -0.290. The third-order valence-electron chi connectivity index (χ3n) is 3.89. The first-order valence-electron chi connectivity index (χ1n) is 7.21. The normalized spacial score (nSPS) is 19.7. The maximum Gasteiger partial charge on any atom is 0.233 e. The average molecular weight is 303 g/mol. The van der Waals surface area contributed by atoms with Crippen molar-refractivity contribution in [2.45, 2.75) is 58.4 Å². The molecule has 3 nitrogen and oxygen atoms in total. The third-order valence-corrected chi connectivity index (χ3v) is 5.21. The van der Waals surface area contributed by atoms with Crippen LogP contribution in [-0.4, -0.2) is 28.4 Å². The van der Waals surface area contributed by atoms with Crippen molar-refractivity contribution in [3.05, 3.63) is 0 Å². The van der Waals surface area contributed by atoms with Crippen LogP contribution in [0.1, 0.15) is 52.4 Å². The van der Waals surface area contributed by atoms with Gasteiger partial charge in [-0.05, 0) is 37.7 Å². The van der Waals surface area contributed by atoms with Gasteiger partial charge >= 0.3 is 0 Å². The molecule has 110 valence electrons. The topological polar surface area (TPSA) is 55.1 Å². The molecule has 0 aromatic heterocycles. The van der Waals surface area contributed by atoms with Gasteiger partial charge in [-0.1, -0.05) is 38.4 Å². The van der Waals surface area contributed by atoms with Gasteiger partial charge < -0.3 is 11.1 Å². The summed E-state index contributed by atoms with van der Waals surface area (Å²) in [5, 5.41) is 3.11. The second-order valence-electron chi connectivity index (χ2n) is 5.37. The molecule has 1 unspecified atom stereocenters. The van der Waals surface area contributed by atoms with E-state index in [9.17, 15) is 4.79 Å². The minimum Gasteiger partial charge on any atom is -0.392 e. The zero-order chi connectivity index (χ0) is 14.3. The van der Waals surface area contributed by atoms with Crippen molar-refractivity contribution < 1.29 is 4.79 Å². The first kappa shape index (κ1) is 16.8. The molecule has 1 aliphatic rings. The summed E-state index contributed by atoms with van der Waals surface area (Å²) in [6, 6.07) is 0.194. The van der Waals surface area contributed by atoms with Crippen LogP contribution in [0.5, 0.6) is 0 Å². The van der Waals surface area contributed by atoms with Crippen LogP contribution >= 0.6 is 24.0 Å². The molecule has 0 radical (unpaired) electrons. The van der Waals surface area contributed by atoms with Crippen molar-refractivity contribution in [3.8, 4) is 0 Å². The van der Waals surface area contributed by atoms with Gasteiger partial charge in [0.05, 0.1) is 10.4 Å². The van der Waals surface area contributed by atoms with Gasteiger partial charge in [0.2, 0.25) is 5.91 Å². The fourth-order valence-electron chi connectivity index (χ4n) is 2.58. The van der Waals surface area contributed by atoms with Crippen molar-refractivity contribution >= 4 is 34.9 Å². The minimum atomic E-state index is -0.584. The van der Waals surface area contributed by atoms with Gasteiger partial charge in [-0.2, -0.15) is 11.8 Å². The number of nitrogens with two attached hydrogens (primary N) is 1. The quantitative estimate of drug-likeness (QED) is 0.561. The summed E-state index contributed by atoms with van der Waals surface area (Å²) in [7, 11) is 0. The van der Waals surface area contributed by atoms with E-state index < -0.39 is 5.41 Å². The van der Waals surface area contributed by atoms with Crippen LogP contribution in [-0.2, 0) is 4.79 Å². The predicted octanol–water partition coefficient (Wildman–Crippen LogP) is 2.87. The van der Waals surface area contributed by atoms with Crippen molar-refractivity contribution in [2.24, 2.45) is 11.1 Å². The second kappa shape index (κ2) is 8.10. The fraction of sp³-hybridized carbons (Fsp3) is 0.857. The fourth-order valence-corrected chi connectivity index (χ4v) is 3.68. The van der Waals surface area contributed by atoms with Gasteiger partial charge in [-0.15, -0.1) is 0 Å². The number of amides is 1. The third kappa shape index (κ3) is 4.63. The Morgan fingerprint density at radius 3 is 2.58 bits per heavy atom. The Bertz CT molecular complexity index is 315. The molecule has 1 atom stereocenters. The van der Waals surface area contributed by atoms with E-state index in [0.29, 0.717) is 4.99 Å². The number of thiocarbonyl (C=S) groups is 1. The highest BCUT2D eigenvalue weighted by molar-refractivity contribution is 7.99. The molecular formula is C14H26N2OS2. The van der Waals surface area contributed by atoms with Crippen LogP contribution in [0.4, 0.5) is 0 Å². The molecule has 0 aliphatic heterocycles. The Kier molecular flexibility index (Phi) is 7.15. The Labute approximate surface area is 126 Å². The Morgan fingerprint density at radius 2 is 2.05 bits per heavy atom. The summed E-state index contributed by atoms with van der Waals surface area (Å²) < 4.78 is 0. The number of rotatable bonds is 7. The second-order valence-corrected chi connectivity index (χ2v) is 7.20. The van der Waals surface area contributed by atoms with E-state index in [0.717, 1.165) is 43.6 Å². The lowest BCUT2D eigenvalue weighted by Gasteiger charge is -2.35. The summed E-state index contributed by atoms with van der Waals surface area (Å²) in [5.41, 5.74) is 5.28. The molecular weight excluding hydrogens is 276 g/mol. The zero-order valence-corrected chi connectivity index (χ0v) is 13.7. The molecule has 19 heavy (non-hydrogen) atoms. The van der Waals surface area contributed by atoms with Crippen molar-refractivity contribution in [1.82, 2.24) is 5.32 Å². The molecule has 1 aliphatic carbocycles. The van der Waals surface area contributed by atoms with E-state index >= 15 is 0 Å². The van der Waals surface area contributed by atoms with E-state index in [-0.39, 0.29) is 11.9 Å². The standard InChI is InChI=1S/C14H26N2OS2/c1-3-19-10-7-11(2)16-13(17)14(12(15)18)8-5-4-6-9-14/h11H,3-10H2,1-2H3,(H2,15,18)(H,16,17). The van der Waals surface area contributed by atoms with Gasteiger partial charge in [0.15, 0.2) is 0 Å². The SMILES string of the molecule is CCSCCC(C)NC(=O)C1(C(N)=S)CCCCC1. The number of nitrogens with one attached hydrogen (secondary N) is 1. The average Bonchev–Trinajstić information content (AvgIpc) is 2.39. The van der Waals surface area contributed by atoms with Gasteiger partial charge in [0.1, 0.15) is 0 Å². The van der Waals surface area contributed by atoms with Crippen LogP contribution in [0.3, 0.4) is 0 Å². The molecule has 1 amide bonds. The molecule has 0 saturated heterocycles. The lowest BCUT2D eigenvalue weighted by molar-refractivity contribution is -0.129. The lowest BCUT2D eigenvalue weighted by Crippen LogP contribution is -2.52. The molecule has 5 heteroatoms. The Morgan fingerprint density at radius 1 is 1.42 bits per heavy atom. The highest BCUT2D eigenvalue weighted by Gasteiger charge is 2.42. The van der Waals surface area contributed by atoms with Gasteiger partial charge in [-0.3, -0.25) is 4.79 Å². The number of thioether (sulfide) groups is 1.